The molecule has 1 aliphatic carbocycles. The van der Waals surface area contributed by atoms with Crippen molar-refractivity contribution in [1.82, 2.24) is 29.8 Å². The Labute approximate surface area is 116 Å². The third-order valence-electron chi connectivity index (χ3n) is 3.54. The van der Waals surface area contributed by atoms with Gasteiger partial charge in [0.2, 0.25) is 4.96 Å². The Bertz CT molecular complexity index is 799. The molecule has 3 aromatic heterocycles. The first-order valence-electron chi connectivity index (χ1n) is 6.23. The van der Waals surface area contributed by atoms with E-state index in [9.17, 15) is 4.79 Å². The van der Waals surface area contributed by atoms with Crippen molar-refractivity contribution in [2.75, 3.05) is 0 Å². The van der Waals surface area contributed by atoms with Crippen LogP contribution in [0.4, 0.5) is 0 Å². The summed E-state index contributed by atoms with van der Waals surface area (Å²) in [7, 11) is 0. The smallest absolute Gasteiger partial charge is 0.356 e. The molecule has 4 rings (SSSR count). The van der Waals surface area contributed by atoms with Crippen molar-refractivity contribution in [2.24, 2.45) is 0 Å². The second kappa shape index (κ2) is 4.10. The summed E-state index contributed by atoms with van der Waals surface area (Å²) in [5, 5.41) is 22.4. The van der Waals surface area contributed by atoms with Crippen LogP contribution in [0.25, 0.3) is 15.7 Å². The lowest BCUT2D eigenvalue weighted by Gasteiger charge is -2.22. The number of aromatic carboxylic acids is 1. The van der Waals surface area contributed by atoms with Crippen LogP contribution in [0.1, 0.15) is 41.5 Å². The molecule has 2 N–H and O–H groups in total. The molecule has 20 heavy (non-hydrogen) atoms. The van der Waals surface area contributed by atoms with E-state index < -0.39 is 5.97 Å². The second-order valence-electron chi connectivity index (χ2n) is 4.72. The second-order valence-corrected chi connectivity index (χ2v) is 5.67. The molecule has 0 spiro atoms. The Morgan fingerprint density at radius 3 is 3.00 bits per heavy atom. The van der Waals surface area contributed by atoms with Gasteiger partial charge in [0.05, 0.1) is 6.33 Å². The number of carboxylic acids is 1. The standard InChI is InChI=1S/C11H10N6O2S/c18-10(19)7-6(12-4-13-7)9-16-17-8(5-2-1-3-5)14-15-11(17)20-9/h4-5H,1-3H2,(H,12,13)(H,18,19). The molecular formula is C11H10N6O2S. The topological polar surface area (TPSA) is 109 Å². The lowest BCUT2D eigenvalue weighted by Crippen LogP contribution is -2.13. The van der Waals surface area contributed by atoms with Gasteiger partial charge in [-0.05, 0) is 12.8 Å². The third-order valence-corrected chi connectivity index (χ3v) is 4.46. The number of rotatable bonds is 3. The molecule has 0 atom stereocenters. The van der Waals surface area contributed by atoms with E-state index in [0.717, 1.165) is 18.7 Å². The van der Waals surface area contributed by atoms with E-state index in [4.69, 9.17) is 5.11 Å². The Hall–Kier alpha value is -2.29. The number of H-pyrrole nitrogens is 1. The van der Waals surface area contributed by atoms with E-state index >= 15 is 0 Å². The summed E-state index contributed by atoms with van der Waals surface area (Å²) in [6.07, 6.45) is 4.78. The molecule has 9 heteroatoms. The predicted octanol–water partition coefficient (Wildman–Crippen LogP) is 1.54. The maximum atomic E-state index is 11.1. The maximum absolute atomic E-state index is 11.1. The zero-order valence-electron chi connectivity index (χ0n) is 10.3. The minimum Gasteiger partial charge on any atom is -0.476 e. The summed E-state index contributed by atoms with van der Waals surface area (Å²) >= 11 is 1.30. The minimum absolute atomic E-state index is 0.0276. The van der Waals surface area contributed by atoms with E-state index in [2.05, 4.69) is 25.3 Å². The van der Waals surface area contributed by atoms with E-state index in [1.54, 1.807) is 4.52 Å². The highest BCUT2D eigenvalue weighted by Crippen LogP contribution is 2.36. The molecule has 0 aromatic carbocycles. The summed E-state index contributed by atoms with van der Waals surface area (Å²) < 4.78 is 1.72. The minimum atomic E-state index is -1.08. The molecule has 102 valence electrons. The van der Waals surface area contributed by atoms with Crippen LogP contribution in [0.3, 0.4) is 0 Å². The average molecular weight is 290 g/mol. The van der Waals surface area contributed by atoms with Gasteiger partial charge < -0.3 is 10.1 Å². The molecule has 3 aromatic rings. The van der Waals surface area contributed by atoms with Crippen LogP contribution in [-0.2, 0) is 0 Å². The molecule has 1 fully saturated rings. The van der Waals surface area contributed by atoms with Crippen molar-refractivity contribution >= 4 is 22.3 Å². The summed E-state index contributed by atoms with van der Waals surface area (Å²) in [6, 6.07) is 0. The Balaban J connectivity index is 1.82. The van der Waals surface area contributed by atoms with Gasteiger partial charge >= 0.3 is 5.97 Å². The van der Waals surface area contributed by atoms with Crippen LogP contribution in [0, 0.1) is 0 Å². The number of aromatic amines is 1. The maximum Gasteiger partial charge on any atom is 0.356 e. The summed E-state index contributed by atoms with van der Waals surface area (Å²) in [5.74, 6) is 0.206. The number of nitrogens with one attached hydrogen (secondary N) is 1. The number of aromatic nitrogens is 6. The molecule has 8 nitrogen and oxygen atoms in total. The van der Waals surface area contributed by atoms with Gasteiger partial charge in [0.1, 0.15) is 5.69 Å². The molecule has 0 saturated heterocycles. The van der Waals surface area contributed by atoms with E-state index in [1.165, 1.54) is 24.1 Å². The van der Waals surface area contributed by atoms with E-state index in [0.29, 0.717) is 21.6 Å². The van der Waals surface area contributed by atoms with Gasteiger partial charge in [0.15, 0.2) is 16.5 Å². The molecule has 0 aliphatic heterocycles. The SMILES string of the molecule is O=C(O)c1nc[nH]c1-c1nn2c(C3CCC3)nnc2s1. The fourth-order valence-electron chi connectivity index (χ4n) is 2.27. The van der Waals surface area contributed by atoms with E-state index in [1.807, 2.05) is 0 Å². The van der Waals surface area contributed by atoms with Gasteiger partial charge in [-0.15, -0.1) is 10.2 Å². The number of hydrogen-bond acceptors (Lipinski definition) is 6. The number of imidazole rings is 1. The fourth-order valence-corrected chi connectivity index (χ4v) is 3.13. The first kappa shape index (κ1) is 11.5. The molecule has 0 amide bonds. The van der Waals surface area contributed by atoms with Gasteiger partial charge in [-0.3, -0.25) is 0 Å². The molecule has 1 aliphatic rings. The summed E-state index contributed by atoms with van der Waals surface area (Å²) in [4.78, 5) is 18.4. The highest BCUT2D eigenvalue weighted by atomic mass is 32.1. The molecular weight excluding hydrogens is 280 g/mol. The van der Waals surface area contributed by atoms with Crippen LogP contribution in [0.15, 0.2) is 6.33 Å². The van der Waals surface area contributed by atoms with Crippen molar-refractivity contribution in [1.29, 1.82) is 0 Å². The first-order chi connectivity index (χ1) is 9.74. The molecule has 0 radical (unpaired) electrons. The normalized spacial score (nSPS) is 15.6. The van der Waals surface area contributed by atoms with Crippen molar-refractivity contribution in [3.63, 3.8) is 0 Å². The molecule has 1 saturated carbocycles. The molecule has 3 heterocycles. The number of hydrogen-bond donors (Lipinski definition) is 2. The summed E-state index contributed by atoms with van der Waals surface area (Å²) in [6.45, 7) is 0. The van der Waals surface area contributed by atoms with Crippen molar-refractivity contribution in [3.8, 4) is 10.7 Å². The van der Waals surface area contributed by atoms with Crippen molar-refractivity contribution in [2.45, 2.75) is 25.2 Å². The number of nitrogens with zero attached hydrogens (tertiary/aromatic N) is 5. The van der Waals surface area contributed by atoms with Crippen LogP contribution in [0.5, 0.6) is 0 Å². The van der Waals surface area contributed by atoms with Crippen molar-refractivity contribution in [3.05, 3.63) is 17.8 Å². The highest BCUT2D eigenvalue weighted by molar-refractivity contribution is 7.19. The molecule has 0 unspecified atom stereocenters. The van der Waals surface area contributed by atoms with E-state index in [-0.39, 0.29) is 5.69 Å². The Morgan fingerprint density at radius 2 is 2.30 bits per heavy atom. The Morgan fingerprint density at radius 1 is 1.45 bits per heavy atom. The fraction of sp³-hybridized carbons (Fsp3) is 0.364. The zero-order chi connectivity index (χ0) is 13.7. The molecule has 0 bridgehead atoms. The van der Waals surface area contributed by atoms with Crippen molar-refractivity contribution < 1.29 is 9.90 Å². The van der Waals surface area contributed by atoms with Gasteiger partial charge in [-0.25, -0.2) is 9.78 Å². The van der Waals surface area contributed by atoms with Gasteiger partial charge in [-0.2, -0.15) is 9.61 Å². The quantitative estimate of drug-likeness (QED) is 0.757. The number of carbonyl (C=O) groups is 1. The van der Waals surface area contributed by atoms with Crippen LogP contribution < -0.4 is 0 Å². The average Bonchev–Trinajstić information content (AvgIpc) is 3.00. The zero-order valence-corrected chi connectivity index (χ0v) is 11.1. The van der Waals surface area contributed by atoms with Gasteiger partial charge in [-0.1, -0.05) is 17.8 Å². The lowest BCUT2D eigenvalue weighted by molar-refractivity contribution is 0.0692. The highest BCUT2D eigenvalue weighted by Gasteiger charge is 2.27. The first-order valence-corrected chi connectivity index (χ1v) is 7.05. The summed E-state index contributed by atoms with van der Waals surface area (Å²) in [5.41, 5.74) is 0.382. The van der Waals surface area contributed by atoms with Crippen LogP contribution in [0.2, 0.25) is 0 Å². The van der Waals surface area contributed by atoms with Crippen LogP contribution in [-0.4, -0.2) is 40.9 Å². The lowest BCUT2D eigenvalue weighted by atomic mass is 9.85. The number of fused-ring (bicyclic) bond motifs is 1. The third kappa shape index (κ3) is 1.56. The van der Waals surface area contributed by atoms with Crippen LogP contribution >= 0.6 is 11.3 Å². The monoisotopic (exact) mass is 290 g/mol. The number of carboxylic acid groups (broad SMARTS) is 1. The van der Waals surface area contributed by atoms with Gasteiger partial charge in [0, 0.05) is 5.92 Å². The largest absolute Gasteiger partial charge is 0.476 e. The van der Waals surface area contributed by atoms with Gasteiger partial charge in [0.25, 0.3) is 0 Å². The predicted molar refractivity (Wildman–Crippen MR) is 69.8 cm³/mol. The Kier molecular flexibility index (Phi) is 2.36.